The zero-order valence-corrected chi connectivity index (χ0v) is 14.1. The number of anilines is 1. The van der Waals surface area contributed by atoms with Crippen molar-refractivity contribution in [3.8, 4) is 11.5 Å². The lowest BCUT2D eigenvalue weighted by Gasteiger charge is -2.26. The number of hydrogen-bond acceptors (Lipinski definition) is 5. The van der Waals surface area contributed by atoms with Gasteiger partial charge in [-0.25, -0.2) is 9.69 Å². The van der Waals surface area contributed by atoms with Crippen molar-refractivity contribution >= 4 is 29.6 Å². The highest BCUT2D eigenvalue weighted by Crippen LogP contribution is 2.28. The maximum Gasteiger partial charge on any atom is 0.335 e. The summed E-state index contributed by atoms with van der Waals surface area (Å²) >= 11 is 0. The van der Waals surface area contributed by atoms with Gasteiger partial charge < -0.3 is 9.84 Å². The molecular weight excluding hydrogens is 336 g/mol. The van der Waals surface area contributed by atoms with Crippen molar-refractivity contribution in [1.29, 1.82) is 0 Å². The molecule has 1 saturated heterocycles. The zero-order valence-electron chi connectivity index (χ0n) is 14.1. The lowest BCUT2D eigenvalue weighted by Crippen LogP contribution is -2.54. The fraction of sp³-hybridized carbons (Fsp3) is 0.105. The van der Waals surface area contributed by atoms with Crippen molar-refractivity contribution < 1.29 is 24.2 Å². The molecule has 26 heavy (non-hydrogen) atoms. The van der Waals surface area contributed by atoms with Gasteiger partial charge in [-0.15, -0.1) is 0 Å². The molecule has 7 nitrogen and oxygen atoms in total. The first-order valence-corrected chi connectivity index (χ1v) is 7.76. The van der Waals surface area contributed by atoms with Gasteiger partial charge in [-0.2, -0.15) is 0 Å². The number of phenolic OH excluding ortho intramolecular Hbond substituents is 1. The molecule has 0 saturated carbocycles. The predicted molar refractivity (Wildman–Crippen MR) is 94.8 cm³/mol. The Morgan fingerprint density at radius 3 is 2.54 bits per heavy atom. The highest BCUT2D eigenvalue weighted by molar-refractivity contribution is 6.39. The topological polar surface area (TPSA) is 95.9 Å². The third kappa shape index (κ3) is 3.14. The van der Waals surface area contributed by atoms with Crippen LogP contribution in [0.1, 0.15) is 11.1 Å². The molecule has 0 aliphatic carbocycles. The first-order valence-electron chi connectivity index (χ1n) is 7.76. The number of nitrogens with zero attached hydrogens (tertiary/aromatic N) is 1. The minimum absolute atomic E-state index is 0.128. The summed E-state index contributed by atoms with van der Waals surface area (Å²) in [4.78, 5) is 38.0. The van der Waals surface area contributed by atoms with Gasteiger partial charge >= 0.3 is 6.03 Å². The molecule has 1 fully saturated rings. The van der Waals surface area contributed by atoms with Gasteiger partial charge in [0.2, 0.25) is 0 Å². The van der Waals surface area contributed by atoms with Gasteiger partial charge in [0.25, 0.3) is 11.8 Å². The van der Waals surface area contributed by atoms with Gasteiger partial charge in [-0.1, -0.05) is 18.2 Å². The third-order valence-electron chi connectivity index (χ3n) is 3.88. The molecule has 2 N–H and O–H groups in total. The molecule has 0 radical (unpaired) electrons. The van der Waals surface area contributed by atoms with Crippen molar-refractivity contribution in [3.63, 3.8) is 0 Å². The second-order valence-electron chi connectivity index (χ2n) is 5.73. The summed E-state index contributed by atoms with van der Waals surface area (Å²) in [6.45, 7) is 1.83. The number of barbiturate groups is 1. The second-order valence-corrected chi connectivity index (χ2v) is 5.73. The first-order chi connectivity index (χ1) is 12.4. The van der Waals surface area contributed by atoms with Crippen molar-refractivity contribution in [2.45, 2.75) is 6.92 Å². The molecule has 1 heterocycles. The van der Waals surface area contributed by atoms with Crippen LogP contribution in [-0.2, 0) is 9.59 Å². The number of phenols is 1. The van der Waals surface area contributed by atoms with E-state index < -0.39 is 17.8 Å². The first kappa shape index (κ1) is 17.2. The van der Waals surface area contributed by atoms with Crippen LogP contribution in [0, 0.1) is 6.92 Å². The molecule has 0 atom stereocenters. The van der Waals surface area contributed by atoms with Gasteiger partial charge in [-0.3, -0.25) is 14.9 Å². The van der Waals surface area contributed by atoms with Crippen LogP contribution in [0.5, 0.6) is 11.5 Å². The van der Waals surface area contributed by atoms with Crippen LogP contribution in [0.2, 0.25) is 0 Å². The summed E-state index contributed by atoms with van der Waals surface area (Å²) in [5.74, 6) is -1.39. The molecule has 7 heteroatoms. The maximum atomic E-state index is 12.8. The number of nitrogens with one attached hydrogen (secondary N) is 1. The number of urea groups is 1. The predicted octanol–water partition coefficient (Wildman–Crippen LogP) is 2.38. The third-order valence-corrected chi connectivity index (χ3v) is 3.88. The van der Waals surface area contributed by atoms with Gasteiger partial charge in [0, 0.05) is 0 Å². The smallest absolute Gasteiger partial charge is 0.335 e. The molecule has 2 aromatic carbocycles. The number of benzene rings is 2. The van der Waals surface area contributed by atoms with Crippen LogP contribution in [-0.4, -0.2) is 30.1 Å². The Hall–Kier alpha value is -3.61. The van der Waals surface area contributed by atoms with Gasteiger partial charge in [-0.05, 0) is 48.4 Å². The van der Waals surface area contributed by atoms with Gasteiger partial charge in [0.15, 0.2) is 11.5 Å². The van der Waals surface area contributed by atoms with Crippen LogP contribution >= 0.6 is 0 Å². The molecule has 1 aliphatic heterocycles. The Bertz CT molecular complexity index is 949. The van der Waals surface area contributed by atoms with E-state index in [0.717, 1.165) is 10.5 Å². The fourth-order valence-corrected chi connectivity index (χ4v) is 2.62. The highest BCUT2D eigenvalue weighted by atomic mass is 16.5. The van der Waals surface area contributed by atoms with Crippen LogP contribution in [0.3, 0.4) is 0 Å². The summed E-state index contributed by atoms with van der Waals surface area (Å²) in [5, 5.41) is 12.0. The van der Waals surface area contributed by atoms with Crippen LogP contribution < -0.4 is 15.0 Å². The molecule has 1 aliphatic rings. The zero-order chi connectivity index (χ0) is 18.8. The number of amides is 4. The molecule has 132 valence electrons. The summed E-state index contributed by atoms with van der Waals surface area (Å²) in [6, 6.07) is 10.5. The molecule has 0 aromatic heterocycles. The summed E-state index contributed by atoms with van der Waals surface area (Å²) < 4.78 is 4.96. The minimum atomic E-state index is -0.805. The molecule has 4 amide bonds. The summed E-state index contributed by atoms with van der Waals surface area (Å²) in [5.41, 5.74) is 1.44. The SMILES string of the molecule is COc1ccc(/C=C2/C(=O)NC(=O)N(c3cccc(C)c3)C2=O)cc1O. The number of carbonyl (C=O) groups is 3. The number of imide groups is 2. The van der Waals surface area contributed by atoms with Crippen molar-refractivity contribution in [2.75, 3.05) is 12.0 Å². The maximum absolute atomic E-state index is 12.8. The number of ether oxygens (including phenoxy) is 1. The lowest BCUT2D eigenvalue weighted by molar-refractivity contribution is -0.122. The normalized spacial score (nSPS) is 16.0. The molecule has 0 spiro atoms. The van der Waals surface area contributed by atoms with Crippen molar-refractivity contribution in [2.24, 2.45) is 0 Å². The van der Waals surface area contributed by atoms with E-state index in [-0.39, 0.29) is 17.1 Å². The number of carbonyl (C=O) groups excluding carboxylic acids is 3. The van der Waals surface area contributed by atoms with Crippen LogP contribution in [0.25, 0.3) is 6.08 Å². The quantitative estimate of drug-likeness (QED) is 0.653. The van der Waals surface area contributed by atoms with E-state index >= 15 is 0 Å². The summed E-state index contributed by atoms with van der Waals surface area (Å²) in [7, 11) is 1.41. The molecule has 0 bridgehead atoms. The second kappa shape index (κ2) is 6.72. The average molecular weight is 352 g/mol. The van der Waals surface area contributed by atoms with Crippen LogP contribution in [0.4, 0.5) is 10.5 Å². The number of hydrogen-bond donors (Lipinski definition) is 2. The van der Waals surface area contributed by atoms with E-state index in [1.165, 1.54) is 25.3 Å². The van der Waals surface area contributed by atoms with E-state index in [1.54, 1.807) is 24.3 Å². The number of aromatic hydroxyl groups is 1. The highest BCUT2D eigenvalue weighted by Gasteiger charge is 2.36. The fourth-order valence-electron chi connectivity index (χ4n) is 2.62. The van der Waals surface area contributed by atoms with Crippen molar-refractivity contribution in [1.82, 2.24) is 5.32 Å². The molecule has 3 rings (SSSR count). The summed E-state index contributed by atoms with van der Waals surface area (Å²) in [6.07, 6.45) is 1.31. The lowest BCUT2D eigenvalue weighted by atomic mass is 10.1. The number of aryl methyl sites for hydroxylation is 1. The Morgan fingerprint density at radius 1 is 1.12 bits per heavy atom. The minimum Gasteiger partial charge on any atom is -0.504 e. The van der Waals surface area contributed by atoms with E-state index in [2.05, 4.69) is 5.32 Å². The number of rotatable bonds is 3. The molecule has 2 aromatic rings. The van der Waals surface area contributed by atoms with E-state index in [0.29, 0.717) is 11.3 Å². The number of methoxy groups -OCH3 is 1. The average Bonchev–Trinajstić information content (AvgIpc) is 2.58. The Labute approximate surface area is 149 Å². The Morgan fingerprint density at radius 2 is 1.88 bits per heavy atom. The van der Waals surface area contributed by atoms with Crippen molar-refractivity contribution in [3.05, 3.63) is 59.2 Å². The van der Waals surface area contributed by atoms with E-state index in [1.807, 2.05) is 13.0 Å². The molecular formula is C19H16N2O5. The van der Waals surface area contributed by atoms with E-state index in [9.17, 15) is 19.5 Å². The van der Waals surface area contributed by atoms with Gasteiger partial charge in [0.05, 0.1) is 12.8 Å². The van der Waals surface area contributed by atoms with Gasteiger partial charge in [0.1, 0.15) is 5.57 Å². The van der Waals surface area contributed by atoms with E-state index in [4.69, 9.17) is 4.74 Å². The Balaban J connectivity index is 2.01. The van der Waals surface area contributed by atoms with Crippen LogP contribution in [0.15, 0.2) is 48.0 Å². The largest absolute Gasteiger partial charge is 0.504 e. The Kier molecular flexibility index (Phi) is 4.45. The molecule has 0 unspecified atom stereocenters. The standard InChI is InChI=1S/C19H16N2O5/c1-11-4-3-5-13(8-11)21-18(24)14(17(23)20-19(21)25)9-12-6-7-16(26-2)15(22)10-12/h3-10,22H,1-2H3,(H,20,23,25)/b14-9-. The monoisotopic (exact) mass is 352 g/mol.